The third kappa shape index (κ3) is 7.45. The topological polar surface area (TPSA) is 114 Å². The third-order valence-corrected chi connectivity index (χ3v) is 3.88. The molecule has 1 atom stereocenters. The minimum atomic E-state index is -1.19. The van der Waals surface area contributed by atoms with E-state index in [0.29, 0.717) is 5.56 Å². The Morgan fingerprint density at radius 1 is 0.966 bits per heavy atom. The van der Waals surface area contributed by atoms with E-state index >= 15 is 0 Å². The van der Waals surface area contributed by atoms with E-state index in [1.165, 1.54) is 6.92 Å². The number of aryl methyl sites for hydroxylation is 1. The van der Waals surface area contributed by atoms with Gasteiger partial charge in [-0.2, -0.15) is 0 Å². The highest BCUT2D eigenvalue weighted by atomic mass is 16.5. The first kappa shape index (κ1) is 21.6. The van der Waals surface area contributed by atoms with Crippen molar-refractivity contribution in [3.8, 4) is 0 Å². The lowest BCUT2D eigenvalue weighted by Gasteiger charge is -2.14. The zero-order valence-corrected chi connectivity index (χ0v) is 16.2. The maximum absolute atomic E-state index is 12.0. The van der Waals surface area contributed by atoms with Crippen LogP contribution in [0.15, 0.2) is 54.6 Å². The average Bonchev–Trinajstić information content (AvgIpc) is 2.71. The van der Waals surface area contributed by atoms with Gasteiger partial charge >= 0.3 is 12.0 Å². The molecule has 2 aromatic carbocycles. The molecule has 1 unspecified atom stereocenters. The van der Waals surface area contributed by atoms with Gasteiger partial charge in [0.2, 0.25) is 0 Å². The number of rotatable bonds is 7. The zero-order valence-electron chi connectivity index (χ0n) is 16.2. The number of hydrogen-bond donors (Lipinski definition) is 3. The van der Waals surface area contributed by atoms with Crippen molar-refractivity contribution in [1.82, 2.24) is 16.0 Å². The van der Waals surface area contributed by atoms with Gasteiger partial charge in [-0.25, -0.2) is 4.79 Å². The number of carbonyl (C=O) groups excluding carboxylic acids is 4. The first-order valence-electron chi connectivity index (χ1n) is 9.02. The van der Waals surface area contributed by atoms with E-state index in [2.05, 4.69) is 16.0 Å². The molecule has 8 nitrogen and oxygen atoms in total. The summed E-state index contributed by atoms with van der Waals surface area (Å²) >= 11 is 0. The van der Waals surface area contributed by atoms with Crippen molar-refractivity contribution in [2.75, 3.05) is 6.54 Å². The molecule has 0 aliphatic carbocycles. The van der Waals surface area contributed by atoms with Crippen LogP contribution in [0.1, 0.15) is 28.4 Å². The minimum absolute atomic E-state index is 0.249. The summed E-state index contributed by atoms with van der Waals surface area (Å²) in [6.07, 6.45) is -1.19. The normalized spacial score (nSPS) is 11.1. The van der Waals surface area contributed by atoms with Crippen molar-refractivity contribution < 1.29 is 23.9 Å². The van der Waals surface area contributed by atoms with E-state index in [1.54, 1.807) is 18.2 Å². The summed E-state index contributed by atoms with van der Waals surface area (Å²) < 4.78 is 4.94. The summed E-state index contributed by atoms with van der Waals surface area (Å²) in [4.78, 5) is 47.6. The number of urea groups is 1. The fraction of sp³-hybridized carbons (Fsp3) is 0.238. The lowest BCUT2D eigenvalue weighted by Crippen LogP contribution is -2.45. The van der Waals surface area contributed by atoms with Gasteiger partial charge in [0, 0.05) is 12.1 Å². The van der Waals surface area contributed by atoms with E-state index in [9.17, 15) is 19.2 Å². The monoisotopic (exact) mass is 397 g/mol. The van der Waals surface area contributed by atoms with Gasteiger partial charge in [0.25, 0.3) is 11.8 Å². The fourth-order valence-electron chi connectivity index (χ4n) is 2.37. The summed E-state index contributed by atoms with van der Waals surface area (Å²) in [5.41, 5.74) is 2.20. The van der Waals surface area contributed by atoms with Crippen LogP contribution >= 0.6 is 0 Å². The van der Waals surface area contributed by atoms with Crippen LogP contribution in [0.3, 0.4) is 0 Å². The Balaban J connectivity index is 1.71. The SMILES string of the molecule is Cc1cccc(C(=O)NCC(=O)OC(C)C(=O)NC(=O)NCc2ccccc2)c1. The van der Waals surface area contributed by atoms with Gasteiger partial charge in [-0.05, 0) is 31.5 Å². The largest absolute Gasteiger partial charge is 0.451 e. The van der Waals surface area contributed by atoms with Crippen molar-refractivity contribution in [2.45, 2.75) is 26.5 Å². The molecule has 8 heteroatoms. The highest BCUT2D eigenvalue weighted by Gasteiger charge is 2.20. The summed E-state index contributed by atoms with van der Waals surface area (Å²) in [5, 5.41) is 7.06. The van der Waals surface area contributed by atoms with Crippen molar-refractivity contribution >= 4 is 23.8 Å². The molecule has 0 aromatic heterocycles. The molecule has 0 fully saturated rings. The smallest absolute Gasteiger partial charge is 0.326 e. The summed E-state index contributed by atoms with van der Waals surface area (Å²) in [6, 6.07) is 15.4. The van der Waals surface area contributed by atoms with Crippen LogP contribution in [0, 0.1) is 6.92 Å². The van der Waals surface area contributed by atoms with Crippen LogP contribution in [0.2, 0.25) is 0 Å². The molecule has 0 saturated carbocycles. The highest BCUT2D eigenvalue weighted by molar-refractivity contribution is 5.98. The number of esters is 1. The quantitative estimate of drug-likeness (QED) is 0.615. The second kappa shape index (κ2) is 10.6. The molecule has 29 heavy (non-hydrogen) atoms. The number of nitrogens with one attached hydrogen (secondary N) is 3. The van der Waals surface area contributed by atoms with Crippen LogP contribution < -0.4 is 16.0 Å². The molecule has 4 amide bonds. The van der Waals surface area contributed by atoms with Gasteiger partial charge in [-0.15, -0.1) is 0 Å². The first-order chi connectivity index (χ1) is 13.8. The van der Waals surface area contributed by atoms with Gasteiger partial charge in [-0.1, -0.05) is 48.0 Å². The summed E-state index contributed by atoms with van der Waals surface area (Å²) in [7, 11) is 0. The second-order valence-corrected chi connectivity index (χ2v) is 6.34. The molecule has 2 aromatic rings. The molecule has 0 heterocycles. The van der Waals surface area contributed by atoms with Gasteiger partial charge in [0.15, 0.2) is 6.10 Å². The molecule has 3 N–H and O–H groups in total. The number of hydrogen-bond acceptors (Lipinski definition) is 5. The molecular weight excluding hydrogens is 374 g/mol. The lowest BCUT2D eigenvalue weighted by atomic mass is 10.1. The van der Waals surface area contributed by atoms with Crippen molar-refractivity contribution in [3.05, 3.63) is 71.3 Å². The van der Waals surface area contributed by atoms with E-state index < -0.39 is 36.5 Å². The van der Waals surface area contributed by atoms with Crippen LogP contribution in [0.4, 0.5) is 4.79 Å². The number of benzene rings is 2. The number of ether oxygens (including phenoxy) is 1. The van der Waals surface area contributed by atoms with Gasteiger partial charge in [-0.3, -0.25) is 19.7 Å². The maximum Gasteiger partial charge on any atom is 0.326 e. The summed E-state index contributed by atoms with van der Waals surface area (Å²) in [5.74, 6) is -1.99. The molecule has 0 bridgehead atoms. The van der Waals surface area contributed by atoms with E-state index in [1.807, 2.05) is 43.3 Å². The summed E-state index contributed by atoms with van der Waals surface area (Å²) in [6.45, 7) is 3.03. The molecule has 0 saturated heterocycles. The first-order valence-corrected chi connectivity index (χ1v) is 9.02. The Kier molecular flexibility index (Phi) is 7.90. The average molecular weight is 397 g/mol. The number of amides is 4. The predicted molar refractivity (Wildman–Crippen MR) is 106 cm³/mol. The van der Waals surface area contributed by atoms with Gasteiger partial charge in [0.05, 0.1) is 0 Å². The lowest BCUT2D eigenvalue weighted by molar-refractivity contribution is -0.153. The molecule has 152 valence electrons. The Morgan fingerprint density at radius 2 is 1.69 bits per heavy atom. The van der Waals surface area contributed by atoms with E-state index in [0.717, 1.165) is 11.1 Å². The van der Waals surface area contributed by atoms with Crippen molar-refractivity contribution in [2.24, 2.45) is 0 Å². The van der Waals surface area contributed by atoms with Crippen LogP contribution in [-0.2, 0) is 20.9 Å². The highest BCUT2D eigenvalue weighted by Crippen LogP contribution is 2.03. The molecular formula is C21H23N3O5. The van der Waals surface area contributed by atoms with Crippen LogP contribution in [-0.4, -0.2) is 36.5 Å². The van der Waals surface area contributed by atoms with Gasteiger partial charge in [0.1, 0.15) is 6.54 Å². The van der Waals surface area contributed by atoms with Crippen molar-refractivity contribution in [1.29, 1.82) is 0 Å². The second-order valence-electron chi connectivity index (χ2n) is 6.34. The molecule has 2 rings (SSSR count). The Hall–Kier alpha value is -3.68. The molecule has 0 spiro atoms. The Bertz CT molecular complexity index is 883. The Morgan fingerprint density at radius 3 is 2.38 bits per heavy atom. The third-order valence-electron chi connectivity index (χ3n) is 3.88. The van der Waals surface area contributed by atoms with E-state index in [4.69, 9.17) is 4.74 Å². The van der Waals surface area contributed by atoms with E-state index in [-0.39, 0.29) is 6.54 Å². The molecule has 0 aliphatic heterocycles. The zero-order chi connectivity index (χ0) is 21.2. The maximum atomic E-state index is 12.0. The van der Waals surface area contributed by atoms with Gasteiger partial charge < -0.3 is 15.4 Å². The molecule has 0 radical (unpaired) electrons. The number of imide groups is 1. The minimum Gasteiger partial charge on any atom is -0.451 e. The molecule has 0 aliphatic rings. The number of carbonyl (C=O) groups is 4. The Labute approximate surface area is 168 Å². The van der Waals surface area contributed by atoms with Crippen molar-refractivity contribution in [3.63, 3.8) is 0 Å². The standard InChI is InChI=1S/C21H23N3O5/c1-14-7-6-10-17(11-14)20(27)22-13-18(25)29-15(2)19(26)24-21(28)23-12-16-8-4-3-5-9-16/h3-11,15H,12-13H2,1-2H3,(H,22,27)(H2,23,24,26,28). The van der Waals surface area contributed by atoms with Crippen LogP contribution in [0.25, 0.3) is 0 Å². The fourth-order valence-corrected chi connectivity index (χ4v) is 2.37. The van der Waals surface area contributed by atoms with Crippen LogP contribution in [0.5, 0.6) is 0 Å². The predicted octanol–water partition coefficient (Wildman–Crippen LogP) is 1.68.